The van der Waals surface area contributed by atoms with E-state index in [9.17, 15) is 18.0 Å². The van der Waals surface area contributed by atoms with E-state index in [-0.39, 0.29) is 17.3 Å². The molecular weight excluding hydrogens is 522 g/mol. The molecule has 0 spiro atoms. The highest BCUT2D eigenvalue weighted by molar-refractivity contribution is 7.89. The average Bonchev–Trinajstić information content (AvgIpc) is 3.00. The van der Waals surface area contributed by atoms with Crippen LogP contribution in [0.1, 0.15) is 70.7 Å². The minimum atomic E-state index is -3.58. The van der Waals surface area contributed by atoms with Gasteiger partial charge in [0.15, 0.2) is 0 Å². The number of ether oxygens (including phenoxy) is 1. The van der Waals surface area contributed by atoms with Crippen molar-refractivity contribution >= 4 is 50.6 Å². The molecule has 1 N–H and O–H groups in total. The van der Waals surface area contributed by atoms with Crippen molar-refractivity contribution in [2.45, 2.75) is 63.4 Å². The molecule has 1 amide bonds. The van der Waals surface area contributed by atoms with Crippen LogP contribution in [0.4, 0.5) is 5.00 Å². The summed E-state index contributed by atoms with van der Waals surface area (Å²) in [5.41, 5.74) is 1.68. The quantitative estimate of drug-likeness (QED) is 0.526. The van der Waals surface area contributed by atoms with Crippen LogP contribution < -0.4 is 5.32 Å². The van der Waals surface area contributed by atoms with E-state index in [0.717, 1.165) is 49.2 Å². The minimum Gasteiger partial charge on any atom is -0.465 e. The highest BCUT2D eigenvalue weighted by atomic mass is 35.5. The van der Waals surface area contributed by atoms with E-state index < -0.39 is 21.9 Å². The summed E-state index contributed by atoms with van der Waals surface area (Å²) in [7, 11) is -2.25. The van der Waals surface area contributed by atoms with Crippen LogP contribution in [-0.2, 0) is 27.7 Å². The molecule has 1 fully saturated rings. The van der Waals surface area contributed by atoms with Gasteiger partial charge in [-0.25, -0.2) is 13.2 Å². The molecule has 1 saturated heterocycles. The molecule has 0 atom stereocenters. The largest absolute Gasteiger partial charge is 0.465 e. The van der Waals surface area contributed by atoms with E-state index in [2.05, 4.69) is 24.1 Å². The van der Waals surface area contributed by atoms with Gasteiger partial charge in [0.2, 0.25) is 10.0 Å². The number of halogens is 1. The molecule has 11 heteroatoms. The number of fused-ring (bicyclic) bond motifs is 1. The lowest BCUT2D eigenvalue weighted by atomic mass is 10.0. The Morgan fingerprint density at radius 3 is 2.25 bits per heavy atom. The molecule has 2 aromatic rings. The molecule has 0 radical (unpaired) electrons. The Balaban J connectivity index is 0.00000361. The molecule has 0 saturated carbocycles. The van der Waals surface area contributed by atoms with Crippen LogP contribution in [0, 0.1) is 0 Å². The number of esters is 1. The number of rotatable bonds is 6. The second-order valence-corrected chi connectivity index (χ2v) is 12.4. The number of sulfonamides is 1. The summed E-state index contributed by atoms with van der Waals surface area (Å²) in [6.45, 7) is 6.89. The topological polar surface area (TPSA) is 96.0 Å². The van der Waals surface area contributed by atoms with Crippen molar-refractivity contribution in [2.75, 3.05) is 32.1 Å². The average molecular weight is 556 g/mol. The molecule has 36 heavy (non-hydrogen) atoms. The second kappa shape index (κ2) is 12.0. The number of thiophene rings is 1. The Kier molecular flexibility index (Phi) is 9.56. The van der Waals surface area contributed by atoms with E-state index in [1.54, 1.807) is 0 Å². The third-order valence-corrected chi connectivity index (χ3v) is 9.80. The van der Waals surface area contributed by atoms with Crippen LogP contribution in [0.3, 0.4) is 0 Å². The Hall–Kier alpha value is -1.98. The van der Waals surface area contributed by atoms with Gasteiger partial charge in [-0.1, -0.05) is 12.8 Å². The summed E-state index contributed by atoms with van der Waals surface area (Å²) >= 11 is 1.40. The van der Waals surface area contributed by atoms with E-state index in [4.69, 9.17) is 4.74 Å². The van der Waals surface area contributed by atoms with Gasteiger partial charge in [-0.15, -0.1) is 23.7 Å². The van der Waals surface area contributed by atoms with Crippen LogP contribution in [0.2, 0.25) is 0 Å². The molecule has 0 bridgehead atoms. The van der Waals surface area contributed by atoms with E-state index in [1.165, 1.54) is 47.0 Å². The first kappa shape index (κ1) is 28.6. The standard InChI is InChI=1S/C25H33N3O5S2.ClH/c1-17(2)27-15-12-20-21(16-27)34-24(22(20)25(30)33-3)26-23(29)18-8-10-19(11-9-18)35(31,32)28-13-6-4-5-7-14-28;/h8-11,17H,4-7,12-16H2,1-3H3,(H,26,29);1H. The van der Waals surface area contributed by atoms with Crippen LogP contribution >= 0.6 is 23.7 Å². The zero-order chi connectivity index (χ0) is 25.2. The van der Waals surface area contributed by atoms with E-state index in [1.807, 2.05) is 0 Å². The Morgan fingerprint density at radius 2 is 1.67 bits per heavy atom. The summed E-state index contributed by atoms with van der Waals surface area (Å²) < 4.78 is 32.6. The molecule has 2 aliphatic heterocycles. The number of nitrogens with one attached hydrogen (secondary N) is 1. The van der Waals surface area contributed by atoms with Crippen molar-refractivity contribution in [3.63, 3.8) is 0 Å². The number of methoxy groups -OCH3 is 1. The molecule has 1 aromatic carbocycles. The first-order valence-electron chi connectivity index (χ1n) is 12.1. The number of hydrogen-bond donors (Lipinski definition) is 1. The third kappa shape index (κ3) is 5.94. The number of nitrogens with zero attached hydrogens (tertiary/aromatic N) is 2. The predicted molar refractivity (Wildman–Crippen MR) is 144 cm³/mol. The van der Waals surface area contributed by atoms with Gasteiger partial charge >= 0.3 is 5.97 Å². The lowest BCUT2D eigenvalue weighted by Crippen LogP contribution is -2.35. The highest BCUT2D eigenvalue weighted by Crippen LogP contribution is 2.38. The summed E-state index contributed by atoms with van der Waals surface area (Å²) in [5, 5.41) is 3.34. The lowest BCUT2D eigenvalue weighted by molar-refractivity contribution is 0.0600. The number of benzene rings is 1. The fraction of sp³-hybridized carbons (Fsp3) is 0.520. The molecule has 1 aromatic heterocycles. The van der Waals surface area contributed by atoms with Crippen molar-refractivity contribution in [1.82, 2.24) is 9.21 Å². The van der Waals surface area contributed by atoms with Gasteiger partial charge < -0.3 is 10.1 Å². The van der Waals surface area contributed by atoms with Crippen LogP contribution in [0.25, 0.3) is 0 Å². The first-order valence-corrected chi connectivity index (χ1v) is 14.4. The minimum absolute atomic E-state index is 0. The number of carbonyl (C=O) groups is 2. The zero-order valence-corrected chi connectivity index (χ0v) is 23.4. The van der Waals surface area contributed by atoms with Gasteiger partial charge in [0.05, 0.1) is 17.6 Å². The van der Waals surface area contributed by atoms with Crippen molar-refractivity contribution < 1.29 is 22.7 Å². The maximum atomic E-state index is 13.0. The second-order valence-electron chi connectivity index (χ2n) is 9.31. The SMILES string of the molecule is COC(=O)c1c(NC(=O)c2ccc(S(=O)(=O)N3CCCCCC3)cc2)sc2c1CCN(C(C)C)C2.Cl. The highest BCUT2D eigenvalue weighted by Gasteiger charge is 2.30. The Morgan fingerprint density at radius 1 is 1.03 bits per heavy atom. The number of carbonyl (C=O) groups excluding carboxylic acids is 2. The molecule has 0 aliphatic carbocycles. The molecule has 8 nitrogen and oxygen atoms in total. The first-order chi connectivity index (χ1) is 16.7. The monoisotopic (exact) mass is 555 g/mol. The summed E-state index contributed by atoms with van der Waals surface area (Å²) in [6.07, 6.45) is 4.53. The summed E-state index contributed by atoms with van der Waals surface area (Å²) in [6, 6.07) is 6.39. The fourth-order valence-corrected chi connectivity index (χ4v) is 7.43. The number of hydrogen-bond acceptors (Lipinski definition) is 7. The Bertz CT molecular complexity index is 1190. The van der Waals surface area contributed by atoms with Gasteiger partial charge in [0, 0.05) is 42.7 Å². The van der Waals surface area contributed by atoms with Crippen molar-refractivity contribution in [1.29, 1.82) is 0 Å². The number of amides is 1. The molecule has 3 heterocycles. The predicted octanol–water partition coefficient (Wildman–Crippen LogP) is 4.54. The smallest absolute Gasteiger partial charge is 0.341 e. The number of anilines is 1. The van der Waals surface area contributed by atoms with Gasteiger partial charge in [-0.3, -0.25) is 9.69 Å². The van der Waals surface area contributed by atoms with Crippen molar-refractivity contribution in [2.24, 2.45) is 0 Å². The van der Waals surface area contributed by atoms with Gasteiger partial charge in [0.1, 0.15) is 5.00 Å². The van der Waals surface area contributed by atoms with Crippen LogP contribution in [0.5, 0.6) is 0 Å². The van der Waals surface area contributed by atoms with Crippen molar-refractivity contribution in [3.05, 3.63) is 45.8 Å². The maximum absolute atomic E-state index is 13.0. The Labute approximate surface area is 223 Å². The fourth-order valence-electron chi connectivity index (χ4n) is 4.65. The van der Waals surface area contributed by atoms with Crippen LogP contribution in [-0.4, -0.2) is 62.3 Å². The van der Waals surface area contributed by atoms with Crippen LogP contribution in [0.15, 0.2) is 29.2 Å². The molecule has 0 unspecified atom stereocenters. The molecule has 2 aliphatic rings. The molecule has 4 rings (SSSR count). The molecule has 198 valence electrons. The molecular formula is C25H34ClN3O5S2. The van der Waals surface area contributed by atoms with E-state index in [0.29, 0.717) is 41.7 Å². The summed E-state index contributed by atoms with van der Waals surface area (Å²) in [4.78, 5) is 29.2. The van der Waals surface area contributed by atoms with Gasteiger partial charge in [-0.2, -0.15) is 4.31 Å². The zero-order valence-electron chi connectivity index (χ0n) is 20.9. The van der Waals surface area contributed by atoms with Gasteiger partial charge in [0.25, 0.3) is 5.91 Å². The summed E-state index contributed by atoms with van der Waals surface area (Å²) in [5.74, 6) is -0.858. The lowest BCUT2D eigenvalue weighted by Gasteiger charge is -2.30. The maximum Gasteiger partial charge on any atom is 0.341 e. The normalized spacial score (nSPS) is 17.1. The third-order valence-electron chi connectivity index (χ3n) is 6.75. The van der Waals surface area contributed by atoms with Crippen molar-refractivity contribution in [3.8, 4) is 0 Å². The van der Waals surface area contributed by atoms with E-state index >= 15 is 0 Å². The van der Waals surface area contributed by atoms with Gasteiger partial charge in [-0.05, 0) is 62.9 Å².